The zero-order valence-electron chi connectivity index (χ0n) is 12.7. The van der Waals surface area contributed by atoms with Crippen LogP contribution in [0, 0.1) is 25.5 Å². The maximum absolute atomic E-state index is 14.1. The van der Waals surface area contributed by atoms with E-state index >= 15 is 0 Å². The third-order valence-corrected chi connectivity index (χ3v) is 4.13. The number of para-hydroxylation sites is 1. The van der Waals surface area contributed by atoms with E-state index in [1.54, 1.807) is 26.0 Å². The lowest BCUT2D eigenvalue weighted by molar-refractivity contribution is 0.552. The molecule has 0 unspecified atom stereocenters. The van der Waals surface area contributed by atoms with E-state index in [9.17, 15) is 17.2 Å². The Morgan fingerprint density at radius 1 is 1.04 bits per heavy atom. The SMILES string of the molecule is Cc1ccc(C)n1-c1nc(S(N)(=O)=O)nn1-c1c(F)cccc1F. The standard InChI is InChI=1S/C14H13F2N5O2S/c1-8-6-7-9(2)20(8)14-18-13(24(17,22)23)19-21(14)12-10(15)4-3-5-11(12)16/h3-7H,1-2H3,(H2,17,22,23). The van der Waals surface area contributed by atoms with Gasteiger partial charge in [0.15, 0.2) is 11.6 Å². The Hall–Kier alpha value is -2.59. The number of hydrogen-bond acceptors (Lipinski definition) is 4. The van der Waals surface area contributed by atoms with Gasteiger partial charge >= 0.3 is 0 Å². The van der Waals surface area contributed by atoms with Crippen LogP contribution in [0.3, 0.4) is 0 Å². The molecule has 2 heterocycles. The van der Waals surface area contributed by atoms with E-state index in [4.69, 9.17) is 5.14 Å². The molecule has 0 aliphatic carbocycles. The molecule has 2 aromatic heterocycles. The van der Waals surface area contributed by atoms with Crippen LogP contribution in [-0.4, -0.2) is 27.7 Å². The summed E-state index contributed by atoms with van der Waals surface area (Å²) in [7, 11) is -4.26. The first-order chi connectivity index (χ1) is 11.2. The number of primary sulfonamides is 1. The molecular formula is C14H13F2N5O2S. The molecule has 3 aromatic rings. The molecule has 0 aliphatic heterocycles. The van der Waals surface area contributed by atoms with Crippen molar-refractivity contribution >= 4 is 10.0 Å². The lowest BCUT2D eigenvalue weighted by Crippen LogP contribution is -2.14. The van der Waals surface area contributed by atoms with Gasteiger partial charge in [0, 0.05) is 11.4 Å². The number of nitrogens with two attached hydrogens (primary N) is 1. The van der Waals surface area contributed by atoms with Gasteiger partial charge in [-0.15, -0.1) is 5.10 Å². The van der Waals surface area contributed by atoms with E-state index in [-0.39, 0.29) is 5.95 Å². The summed E-state index contributed by atoms with van der Waals surface area (Å²) in [5.74, 6) is -1.91. The molecule has 2 N–H and O–H groups in total. The van der Waals surface area contributed by atoms with E-state index in [1.165, 1.54) is 10.6 Å². The third kappa shape index (κ3) is 2.59. The number of hydrogen-bond donors (Lipinski definition) is 1. The highest BCUT2D eigenvalue weighted by atomic mass is 32.2. The molecule has 24 heavy (non-hydrogen) atoms. The molecule has 126 valence electrons. The maximum atomic E-state index is 14.1. The van der Waals surface area contributed by atoms with Gasteiger partial charge in [0.05, 0.1) is 0 Å². The topological polar surface area (TPSA) is 95.8 Å². The van der Waals surface area contributed by atoms with E-state index in [2.05, 4.69) is 10.1 Å². The second kappa shape index (κ2) is 5.49. The zero-order valence-corrected chi connectivity index (χ0v) is 13.6. The van der Waals surface area contributed by atoms with Crippen molar-refractivity contribution in [1.29, 1.82) is 0 Å². The zero-order chi connectivity index (χ0) is 17.6. The van der Waals surface area contributed by atoms with Crippen LogP contribution in [0.2, 0.25) is 0 Å². The van der Waals surface area contributed by atoms with Crippen molar-refractivity contribution in [2.45, 2.75) is 19.0 Å². The van der Waals surface area contributed by atoms with Crippen LogP contribution >= 0.6 is 0 Å². The van der Waals surface area contributed by atoms with Gasteiger partial charge in [-0.1, -0.05) is 6.07 Å². The van der Waals surface area contributed by atoms with Crippen LogP contribution in [0.1, 0.15) is 11.4 Å². The van der Waals surface area contributed by atoms with E-state index in [1.807, 2.05) is 0 Å². The highest BCUT2D eigenvalue weighted by Gasteiger charge is 2.25. The number of halogens is 2. The molecule has 0 saturated carbocycles. The molecule has 0 fully saturated rings. The second-order valence-electron chi connectivity index (χ2n) is 5.17. The summed E-state index contributed by atoms with van der Waals surface area (Å²) >= 11 is 0. The van der Waals surface area contributed by atoms with Gasteiger partial charge in [0.2, 0.25) is 5.95 Å². The Bertz CT molecular complexity index is 1000. The first-order valence-corrected chi connectivity index (χ1v) is 8.34. The summed E-state index contributed by atoms with van der Waals surface area (Å²) in [4.78, 5) is 3.87. The van der Waals surface area contributed by atoms with Crippen LogP contribution in [0.5, 0.6) is 0 Å². The van der Waals surface area contributed by atoms with E-state index in [0.29, 0.717) is 11.4 Å². The molecule has 0 radical (unpaired) electrons. The summed E-state index contributed by atoms with van der Waals surface area (Å²) in [5.41, 5.74) is 0.820. The highest BCUT2D eigenvalue weighted by Crippen LogP contribution is 2.23. The first kappa shape index (κ1) is 16.3. The molecular weight excluding hydrogens is 340 g/mol. The van der Waals surface area contributed by atoms with Crippen molar-refractivity contribution in [3.8, 4) is 11.6 Å². The highest BCUT2D eigenvalue weighted by molar-refractivity contribution is 7.89. The van der Waals surface area contributed by atoms with Gasteiger partial charge in [-0.25, -0.2) is 22.3 Å². The van der Waals surface area contributed by atoms with E-state index < -0.39 is 32.5 Å². The number of aryl methyl sites for hydroxylation is 2. The lowest BCUT2D eigenvalue weighted by atomic mass is 10.3. The summed E-state index contributed by atoms with van der Waals surface area (Å²) in [5, 5.41) is 8.03. The minimum atomic E-state index is -4.26. The van der Waals surface area contributed by atoms with Crippen molar-refractivity contribution in [2.24, 2.45) is 5.14 Å². The minimum Gasteiger partial charge on any atom is -0.287 e. The molecule has 0 atom stereocenters. The fraction of sp³-hybridized carbons (Fsp3) is 0.143. The number of aromatic nitrogens is 4. The maximum Gasteiger partial charge on any atom is 0.284 e. The minimum absolute atomic E-state index is 0.0805. The van der Waals surface area contributed by atoms with Crippen molar-refractivity contribution < 1.29 is 17.2 Å². The molecule has 0 spiro atoms. The molecule has 0 bridgehead atoms. The average Bonchev–Trinajstić information content (AvgIpc) is 3.03. The van der Waals surface area contributed by atoms with Gasteiger partial charge in [-0.2, -0.15) is 9.67 Å². The van der Waals surface area contributed by atoms with Crippen LogP contribution in [0.25, 0.3) is 11.6 Å². The van der Waals surface area contributed by atoms with Crippen molar-refractivity contribution in [3.63, 3.8) is 0 Å². The largest absolute Gasteiger partial charge is 0.287 e. The Labute approximate surface area is 136 Å². The number of benzene rings is 1. The Morgan fingerprint density at radius 3 is 2.08 bits per heavy atom. The number of nitrogens with zero attached hydrogens (tertiary/aromatic N) is 4. The quantitative estimate of drug-likeness (QED) is 0.773. The summed E-state index contributed by atoms with van der Waals surface area (Å²) in [6.07, 6.45) is 0. The van der Waals surface area contributed by atoms with Crippen LogP contribution < -0.4 is 5.14 Å². The first-order valence-electron chi connectivity index (χ1n) is 6.79. The Kier molecular flexibility index (Phi) is 3.73. The number of rotatable bonds is 3. The predicted octanol–water partition coefficient (Wildman–Crippen LogP) is 1.60. The molecule has 0 amide bonds. The van der Waals surface area contributed by atoms with Gasteiger partial charge in [0.1, 0.15) is 5.69 Å². The van der Waals surface area contributed by atoms with Crippen LogP contribution in [0.4, 0.5) is 8.78 Å². The fourth-order valence-electron chi connectivity index (χ4n) is 2.38. The molecule has 7 nitrogen and oxygen atoms in total. The van der Waals surface area contributed by atoms with Crippen LogP contribution in [0.15, 0.2) is 35.5 Å². The smallest absolute Gasteiger partial charge is 0.284 e. The third-order valence-electron chi connectivity index (χ3n) is 3.45. The Balaban J connectivity index is 2.40. The molecule has 10 heteroatoms. The second-order valence-corrected chi connectivity index (χ2v) is 6.63. The van der Waals surface area contributed by atoms with Crippen molar-refractivity contribution in [2.75, 3.05) is 0 Å². The van der Waals surface area contributed by atoms with Crippen molar-refractivity contribution in [3.05, 3.63) is 53.4 Å². The van der Waals surface area contributed by atoms with Gasteiger partial charge < -0.3 is 0 Å². The fourth-order valence-corrected chi connectivity index (χ4v) is 2.78. The predicted molar refractivity (Wildman–Crippen MR) is 81.4 cm³/mol. The summed E-state index contributed by atoms with van der Waals surface area (Å²) < 4.78 is 53.8. The van der Waals surface area contributed by atoms with E-state index in [0.717, 1.165) is 16.8 Å². The van der Waals surface area contributed by atoms with Gasteiger partial charge in [-0.05, 0) is 38.1 Å². The summed E-state index contributed by atoms with van der Waals surface area (Å²) in [6, 6.07) is 6.77. The average molecular weight is 353 g/mol. The number of sulfonamides is 1. The summed E-state index contributed by atoms with van der Waals surface area (Å²) in [6.45, 7) is 3.47. The molecule has 1 aromatic carbocycles. The monoisotopic (exact) mass is 353 g/mol. The lowest BCUT2D eigenvalue weighted by Gasteiger charge is -2.11. The molecule has 0 saturated heterocycles. The van der Waals surface area contributed by atoms with Gasteiger partial charge in [0.25, 0.3) is 15.2 Å². The molecule has 3 rings (SSSR count). The van der Waals surface area contributed by atoms with Crippen LogP contribution in [-0.2, 0) is 10.0 Å². The Morgan fingerprint density at radius 2 is 1.58 bits per heavy atom. The normalized spacial score (nSPS) is 11.9. The van der Waals surface area contributed by atoms with Gasteiger partial charge in [-0.3, -0.25) is 4.57 Å². The van der Waals surface area contributed by atoms with Crippen molar-refractivity contribution in [1.82, 2.24) is 19.3 Å². The molecule has 0 aliphatic rings.